The molecule has 4 amide bonds. The number of unbranched alkanes of at least 4 members (excludes halogenated alkanes) is 2. The molecule has 0 aliphatic carbocycles. The monoisotopic (exact) mass is 829 g/mol. The molecular formula is C44H67N3O12. The molecule has 0 aromatic heterocycles. The van der Waals surface area contributed by atoms with Crippen molar-refractivity contribution in [2.24, 2.45) is 11.8 Å². The van der Waals surface area contributed by atoms with Gasteiger partial charge >= 0.3 is 12.1 Å². The summed E-state index contributed by atoms with van der Waals surface area (Å²) >= 11 is 0. The Morgan fingerprint density at radius 2 is 1.73 bits per heavy atom. The van der Waals surface area contributed by atoms with E-state index in [1.165, 1.54) is 24.2 Å². The van der Waals surface area contributed by atoms with Gasteiger partial charge in [0.1, 0.15) is 11.7 Å². The number of esters is 1. The highest BCUT2D eigenvalue weighted by atomic mass is 16.6. The molecule has 4 aliphatic heterocycles. The van der Waals surface area contributed by atoms with Crippen LogP contribution in [0.3, 0.4) is 0 Å². The van der Waals surface area contributed by atoms with Gasteiger partial charge in [-0.3, -0.25) is 24.1 Å². The van der Waals surface area contributed by atoms with Gasteiger partial charge in [0.15, 0.2) is 6.10 Å². The first-order valence-corrected chi connectivity index (χ1v) is 21.2. The third-order valence-corrected chi connectivity index (χ3v) is 12.1. The van der Waals surface area contributed by atoms with Crippen molar-refractivity contribution in [2.45, 2.75) is 147 Å². The van der Waals surface area contributed by atoms with E-state index >= 15 is 0 Å². The third kappa shape index (κ3) is 13.8. The molecule has 2 saturated heterocycles. The van der Waals surface area contributed by atoms with Crippen LogP contribution in [-0.2, 0) is 38.1 Å². The van der Waals surface area contributed by atoms with Crippen molar-refractivity contribution < 1.29 is 58.2 Å². The van der Waals surface area contributed by atoms with Crippen LogP contribution in [0.25, 0.3) is 0 Å². The predicted octanol–water partition coefficient (Wildman–Crippen LogP) is 3.99. The van der Waals surface area contributed by atoms with Crippen molar-refractivity contribution in [1.82, 2.24) is 14.7 Å². The molecule has 0 bridgehead atoms. The standard InChI is InChI=1S/C44H67N3O12/c1-8-33(49)31(4)41-34(57-41)28-43(5,55)20-12-13-29(2)40-30(3)15-16-35(44(6,56-7)21-19-32(48)27-39(53)59-40)58-42(54)46-25-23-45(24-26-46)36(50)14-10-9-11-22-47-37(51)17-18-38(47)52/h12-13,15-18,20,30-35,40-41,48-49,55H,8-11,14,19,21-28H2,1-7H3/b16-15+,20-12+,29-13+/t30-,31+,32+,33-,34-,35?,40+,41-,43-,44+/m0/s1. The van der Waals surface area contributed by atoms with E-state index in [-0.39, 0.29) is 68.2 Å². The normalized spacial score (nSPS) is 31.0. The summed E-state index contributed by atoms with van der Waals surface area (Å²) in [5, 5.41) is 32.1. The fourth-order valence-electron chi connectivity index (χ4n) is 7.86. The summed E-state index contributed by atoms with van der Waals surface area (Å²) in [7, 11) is 1.51. The van der Waals surface area contributed by atoms with Crippen LogP contribution in [0.15, 0.2) is 48.1 Å². The molecule has 0 aromatic carbocycles. The summed E-state index contributed by atoms with van der Waals surface area (Å²) in [6.07, 6.45) is 10.8. The van der Waals surface area contributed by atoms with Gasteiger partial charge in [-0.1, -0.05) is 51.5 Å². The van der Waals surface area contributed by atoms with E-state index in [2.05, 4.69) is 0 Å². The van der Waals surface area contributed by atoms with Gasteiger partial charge in [0.25, 0.3) is 11.8 Å². The van der Waals surface area contributed by atoms with Crippen LogP contribution in [0.4, 0.5) is 4.79 Å². The zero-order valence-electron chi connectivity index (χ0n) is 35.9. The van der Waals surface area contributed by atoms with Crippen molar-refractivity contribution in [3.8, 4) is 0 Å². The minimum atomic E-state index is -1.18. The van der Waals surface area contributed by atoms with Gasteiger partial charge in [0, 0.05) is 76.7 Å². The van der Waals surface area contributed by atoms with Crippen LogP contribution in [-0.4, -0.2) is 147 Å². The number of piperazine rings is 1. The van der Waals surface area contributed by atoms with Crippen LogP contribution in [0, 0.1) is 11.8 Å². The minimum absolute atomic E-state index is 0.0183. The zero-order valence-corrected chi connectivity index (χ0v) is 35.9. The molecule has 15 heteroatoms. The van der Waals surface area contributed by atoms with E-state index in [1.807, 2.05) is 33.8 Å². The quantitative estimate of drug-likeness (QED) is 0.0506. The number of imide groups is 1. The number of amides is 4. The van der Waals surface area contributed by atoms with Gasteiger partial charge in [0.2, 0.25) is 5.91 Å². The number of aliphatic hydroxyl groups is 3. The van der Waals surface area contributed by atoms with E-state index in [4.69, 9.17) is 18.9 Å². The van der Waals surface area contributed by atoms with E-state index < -0.39 is 53.6 Å². The Balaban J connectivity index is 1.36. The lowest BCUT2D eigenvalue weighted by atomic mass is 9.88. The SMILES string of the molecule is CC[C@H](O)[C@@H](C)[C@@H]1O[C@H]1C[C@@](C)(O)/C=C/C=C(\C)[C@H]1OC(=O)C[C@H](O)CC[C@@](C)(OC)C(OC(=O)N2CCN(C(=O)CCCCCN3C(=O)C=CC3=O)CC2)/C=C/[C@@H]1C. The summed E-state index contributed by atoms with van der Waals surface area (Å²) in [5.74, 6) is -1.62. The van der Waals surface area contributed by atoms with Gasteiger partial charge in [-0.05, 0) is 64.5 Å². The molecule has 15 nitrogen and oxygen atoms in total. The topological polar surface area (TPSA) is 196 Å². The first kappa shape index (κ1) is 47.8. The van der Waals surface area contributed by atoms with Crippen molar-refractivity contribution in [3.63, 3.8) is 0 Å². The first-order valence-electron chi connectivity index (χ1n) is 21.2. The van der Waals surface area contributed by atoms with Crippen LogP contribution in [0.2, 0.25) is 0 Å². The molecule has 3 N–H and O–H groups in total. The number of hydrogen-bond donors (Lipinski definition) is 3. The molecule has 1 unspecified atom stereocenters. The highest BCUT2D eigenvalue weighted by Gasteiger charge is 2.47. The molecule has 4 aliphatic rings. The molecule has 0 saturated carbocycles. The van der Waals surface area contributed by atoms with Gasteiger partial charge in [-0.2, -0.15) is 0 Å². The fraction of sp³-hybridized carbons (Fsp3) is 0.705. The highest BCUT2D eigenvalue weighted by Crippen LogP contribution is 2.38. The Bertz CT molecular complexity index is 1580. The predicted molar refractivity (Wildman–Crippen MR) is 218 cm³/mol. The maximum Gasteiger partial charge on any atom is 0.410 e. The van der Waals surface area contributed by atoms with Crippen LogP contribution in [0.1, 0.15) is 99.3 Å². The second kappa shape index (κ2) is 21.6. The first-order chi connectivity index (χ1) is 27.9. The number of nitrogens with zero attached hydrogens (tertiary/aromatic N) is 3. The number of carbonyl (C=O) groups excluding carboxylic acids is 5. The average molecular weight is 830 g/mol. The number of cyclic esters (lactones) is 1. The molecule has 2 fully saturated rings. The molecule has 4 heterocycles. The van der Waals surface area contributed by atoms with Crippen LogP contribution < -0.4 is 0 Å². The van der Waals surface area contributed by atoms with Gasteiger partial charge in [-0.15, -0.1) is 0 Å². The van der Waals surface area contributed by atoms with Gasteiger partial charge < -0.3 is 44.1 Å². The summed E-state index contributed by atoms with van der Waals surface area (Å²) in [6.45, 7) is 12.6. The minimum Gasteiger partial charge on any atom is -0.457 e. The summed E-state index contributed by atoms with van der Waals surface area (Å²) in [4.78, 5) is 67.5. The van der Waals surface area contributed by atoms with E-state index in [9.17, 15) is 39.3 Å². The number of epoxide rings is 1. The van der Waals surface area contributed by atoms with Crippen LogP contribution in [0.5, 0.6) is 0 Å². The second-order valence-corrected chi connectivity index (χ2v) is 17.0. The molecule has 0 radical (unpaired) electrons. The highest BCUT2D eigenvalue weighted by molar-refractivity contribution is 6.12. The van der Waals surface area contributed by atoms with Crippen LogP contribution >= 0.6 is 0 Å². The molecule has 0 spiro atoms. The largest absolute Gasteiger partial charge is 0.457 e. The lowest BCUT2D eigenvalue weighted by Crippen LogP contribution is -2.52. The number of methoxy groups -OCH3 is 1. The van der Waals surface area contributed by atoms with Gasteiger partial charge in [0.05, 0.1) is 36.4 Å². The number of carbonyl (C=O) groups is 5. The maximum absolute atomic E-state index is 13.6. The van der Waals surface area contributed by atoms with Crippen molar-refractivity contribution in [3.05, 3.63) is 48.1 Å². The van der Waals surface area contributed by atoms with Gasteiger partial charge in [-0.25, -0.2) is 4.79 Å². The van der Waals surface area contributed by atoms with E-state index in [1.54, 1.807) is 48.0 Å². The molecule has 4 rings (SSSR count). The number of aliphatic hydroxyl groups excluding tert-OH is 2. The fourth-order valence-corrected chi connectivity index (χ4v) is 7.86. The lowest BCUT2D eigenvalue weighted by molar-refractivity contribution is -0.151. The Labute approximate surface area is 349 Å². The summed E-state index contributed by atoms with van der Waals surface area (Å²) in [6, 6.07) is 0. The Morgan fingerprint density at radius 3 is 2.37 bits per heavy atom. The molecular weight excluding hydrogens is 762 g/mol. The summed E-state index contributed by atoms with van der Waals surface area (Å²) in [5.41, 5.74) is -1.54. The Hall–Kier alpha value is -3.89. The Morgan fingerprint density at radius 1 is 1.07 bits per heavy atom. The smallest absolute Gasteiger partial charge is 0.410 e. The van der Waals surface area contributed by atoms with Crippen molar-refractivity contribution >= 4 is 29.8 Å². The molecule has 59 heavy (non-hydrogen) atoms. The molecule has 0 aromatic rings. The summed E-state index contributed by atoms with van der Waals surface area (Å²) < 4.78 is 23.7. The van der Waals surface area contributed by atoms with Crippen molar-refractivity contribution in [2.75, 3.05) is 39.8 Å². The third-order valence-electron chi connectivity index (χ3n) is 12.1. The number of ether oxygens (including phenoxy) is 4. The number of hydrogen-bond acceptors (Lipinski definition) is 12. The lowest BCUT2D eigenvalue weighted by Gasteiger charge is -2.38. The van der Waals surface area contributed by atoms with Crippen molar-refractivity contribution in [1.29, 1.82) is 0 Å². The zero-order chi connectivity index (χ0) is 43.5. The average Bonchev–Trinajstić information content (AvgIpc) is 3.89. The van der Waals surface area contributed by atoms with E-state index in [0.717, 1.165) is 0 Å². The second-order valence-electron chi connectivity index (χ2n) is 17.0. The van der Waals surface area contributed by atoms with E-state index in [0.29, 0.717) is 63.7 Å². The number of allylic oxidation sites excluding steroid dienone is 2. The molecule has 10 atom stereocenters. The Kier molecular flexibility index (Phi) is 17.5. The maximum atomic E-state index is 13.6. The molecule has 330 valence electrons. The number of rotatable bonds is 16.